The van der Waals surface area contributed by atoms with E-state index >= 15 is 0 Å². The topological polar surface area (TPSA) is 50.8 Å². The Morgan fingerprint density at radius 1 is 1.18 bits per heavy atom. The number of rotatable bonds is 1. The lowest BCUT2D eigenvalue weighted by atomic mass is 9.83. The number of nitrogens with zero attached hydrogens (tertiary/aromatic N) is 1. The van der Waals surface area contributed by atoms with Crippen LogP contribution in [-0.2, 0) is 23.3 Å². The zero-order valence-corrected chi connectivity index (χ0v) is 17.4. The van der Waals surface area contributed by atoms with Crippen LogP contribution in [0, 0.1) is 0 Å². The third-order valence-electron chi connectivity index (χ3n) is 5.87. The number of hydrogen-bond acceptors (Lipinski definition) is 5. The highest BCUT2D eigenvalue weighted by Crippen LogP contribution is 2.43. The molecule has 5 rings (SSSR count). The van der Waals surface area contributed by atoms with Crippen LogP contribution in [0.5, 0.6) is 5.75 Å². The van der Waals surface area contributed by atoms with E-state index in [1.165, 1.54) is 10.4 Å². The van der Waals surface area contributed by atoms with Gasteiger partial charge in [-0.1, -0.05) is 18.2 Å². The van der Waals surface area contributed by atoms with Crippen LogP contribution >= 0.6 is 23.7 Å². The third-order valence-corrected chi connectivity index (χ3v) is 7.05. The largest absolute Gasteiger partial charge is 0.491 e. The predicted octanol–water partition coefficient (Wildman–Crippen LogP) is 3.36. The summed E-state index contributed by atoms with van der Waals surface area (Å²) in [6.45, 7) is 4.45. The van der Waals surface area contributed by atoms with Gasteiger partial charge in [-0.25, -0.2) is 0 Å². The Kier molecular flexibility index (Phi) is 5.65. The predicted molar refractivity (Wildman–Crippen MR) is 112 cm³/mol. The molecule has 0 aliphatic carbocycles. The van der Waals surface area contributed by atoms with Gasteiger partial charge < -0.3 is 19.7 Å². The summed E-state index contributed by atoms with van der Waals surface area (Å²) in [4.78, 5) is 17.4. The SMILES string of the molecule is Cl.O=C(c1cc2c(s1)CCOC21CCNCC1)N1CCOc2ccccc2C1. The Morgan fingerprint density at radius 3 is 2.86 bits per heavy atom. The van der Waals surface area contributed by atoms with Gasteiger partial charge in [0.1, 0.15) is 12.4 Å². The highest BCUT2D eigenvalue weighted by atomic mass is 35.5. The molecule has 1 N–H and O–H groups in total. The zero-order chi connectivity index (χ0) is 18.3. The Labute approximate surface area is 175 Å². The molecule has 0 atom stereocenters. The van der Waals surface area contributed by atoms with Crippen molar-refractivity contribution in [2.24, 2.45) is 0 Å². The molecule has 1 saturated heterocycles. The summed E-state index contributed by atoms with van der Waals surface area (Å²) in [5.41, 5.74) is 2.14. The zero-order valence-electron chi connectivity index (χ0n) is 15.7. The summed E-state index contributed by atoms with van der Waals surface area (Å²) in [7, 11) is 0. The van der Waals surface area contributed by atoms with Crippen LogP contribution in [0.1, 0.15) is 38.5 Å². The van der Waals surface area contributed by atoms with Crippen LogP contribution in [0.3, 0.4) is 0 Å². The van der Waals surface area contributed by atoms with Crippen LogP contribution in [-0.4, -0.2) is 43.7 Å². The van der Waals surface area contributed by atoms with Gasteiger partial charge in [-0.15, -0.1) is 23.7 Å². The van der Waals surface area contributed by atoms with Crippen LogP contribution in [0.25, 0.3) is 0 Å². The first-order valence-corrected chi connectivity index (χ1v) is 10.5. The molecule has 1 spiro atoms. The first-order valence-electron chi connectivity index (χ1n) is 9.73. The molecule has 5 nitrogen and oxygen atoms in total. The molecular formula is C21H25ClN2O3S. The maximum absolute atomic E-state index is 13.3. The number of halogens is 1. The number of para-hydroxylation sites is 1. The van der Waals surface area contributed by atoms with E-state index in [0.29, 0.717) is 19.7 Å². The number of amides is 1. The molecule has 7 heteroatoms. The molecule has 28 heavy (non-hydrogen) atoms. The fraction of sp³-hybridized carbons (Fsp3) is 0.476. The monoisotopic (exact) mass is 420 g/mol. The minimum absolute atomic E-state index is 0. The summed E-state index contributed by atoms with van der Waals surface area (Å²) >= 11 is 1.66. The van der Waals surface area contributed by atoms with Gasteiger partial charge in [0.25, 0.3) is 5.91 Å². The van der Waals surface area contributed by atoms with E-state index in [4.69, 9.17) is 9.47 Å². The summed E-state index contributed by atoms with van der Waals surface area (Å²) in [5.74, 6) is 0.999. The summed E-state index contributed by atoms with van der Waals surface area (Å²) in [6, 6.07) is 10.1. The molecule has 0 unspecified atom stereocenters. The number of hydrogen-bond donors (Lipinski definition) is 1. The lowest BCUT2D eigenvalue weighted by Gasteiger charge is -2.40. The van der Waals surface area contributed by atoms with Crippen molar-refractivity contribution in [3.05, 3.63) is 51.2 Å². The smallest absolute Gasteiger partial charge is 0.264 e. The highest BCUT2D eigenvalue weighted by Gasteiger charge is 2.41. The Hall–Kier alpha value is -1.60. The van der Waals surface area contributed by atoms with E-state index in [1.54, 1.807) is 11.3 Å². The molecule has 1 fully saturated rings. The van der Waals surface area contributed by atoms with Gasteiger partial charge in [-0.3, -0.25) is 4.79 Å². The lowest BCUT2D eigenvalue weighted by molar-refractivity contribution is -0.0792. The fourth-order valence-electron chi connectivity index (χ4n) is 4.42. The molecule has 1 amide bonds. The van der Waals surface area contributed by atoms with Gasteiger partial charge >= 0.3 is 0 Å². The van der Waals surface area contributed by atoms with E-state index in [-0.39, 0.29) is 23.9 Å². The van der Waals surface area contributed by atoms with Crippen LogP contribution in [0.2, 0.25) is 0 Å². The number of carbonyl (C=O) groups excluding carboxylic acids is 1. The first-order chi connectivity index (χ1) is 13.3. The maximum Gasteiger partial charge on any atom is 0.264 e. The van der Waals surface area contributed by atoms with E-state index in [1.807, 2.05) is 29.2 Å². The lowest BCUT2D eigenvalue weighted by Crippen LogP contribution is -2.44. The van der Waals surface area contributed by atoms with Crippen LogP contribution in [0.4, 0.5) is 0 Å². The van der Waals surface area contributed by atoms with Gasteiger partial charge in [-0.05, 0) is 43.6 Å². The van der Waals surface area contributed by atoms with Gasteiger partial charge in [0.05, 0.1) is 23.6 Å². The molecule has 0 bridgehead atoms. The van der Waals surface area contributed by atoms with E-state index < -0.39 is 0 Å². The number of benzene rings is 1. The standard InChI is InChI=1S/C21H24N2O3S.ClH/c24-20(23-10-12-25-17-4-2-1-3-15(17)14-23)19-13-16-18(27-19)5-11-26-21(16)6-8-22-9-7-21;/h1-4,13,22H,5-12,14H2;1H. The summed E-state index contributed by atoms with van der Waals surface area (Å²) in [5, 5.41) is 3.42. The number of thiophene rings is 1. The normalized spacial score (nSPS) is 20.4. The molecule has 0 radical (unpaired) electrons. The van der Waals surface area contributed by atoms with Crippen molar-refractivity contribution in [3.63, 3.8) is 0 Å². The molecule has 3 aliphatic heterocycles. The second-order valence-corrected chi connectivity index (χ2v) is 8.61. The second kappa shape index (κ2) is 8.03. The second-order valence-electron chi connectivity index (χ2n) is 7.47. The van der Waals surface area contributed by atoms with E-state index in [2.05, 4.69) is 11.4 Å². The van der Waals surface area contributed by atoms with Gasteiger partial charge in [-0.2, -0.15) is 0 Å². The van der Waals surface area contributed by atoms with Crippen molar-refractivity contribution in [2.45, 2.75) is 31.4 Å². The van der Waals surface area contributed by atoms with Gasteiger partial charge in [0.15, 0.2) is 0 Å². The van der Waals surface area contributed by atoms with E-state index in [9.17, 15) is 4.79 Å². The van der Waals surface area contributed by atoms with Crippen molar-refractivity contribution in [1.82, 2.24) is 10.2 Å². The molecule has 1 aromatic heterocycles. The van der Waals surface area contributed by atoms with Gasteiger partial charge in [0.2, 0.25) is 0 Å². The average Bonchev–Trinajstić information content (AvgIpc) is 3.03. The first kappa shape index (κ1) is 19.7. The highest BCUT2D eigenvalue weighted by molar-refractivity contribution is 7.14. The number of ether oxygens (including phenoxy) is 2. The minimum atomic E-state index is -0.192. The molecule has 1 aromatic carbocycles. The van der Waals surface area contributed by atoms with Gasteiger partial charge in [0, 0.05) is 23.4 Å². The maximum atomic E-state index is 13.3. The van der Waals surface area contributed by atoms with Crippen molar-refractivity contribution in [3.8, 4) is 5.75 Å². The Bertz CT molecular complexity index is 863. The molecule has 2 aromatic rings. The molecule has 0 saturated carbocycles. The van der Waals surface area contributed by atoms with Crippen LogP contribution in [0.15, 0.2) is 30.3 Å². The summed E-state index contributed by atoms with van der Waals surface area (Å²) in [6.07, 6.45) is 2.87. The number of fused-ring (bicyclic) bond motifs is 3. The average molecular weight is 421 g/mol. The fourth-order valence-corrected chi connectivity index (χ4v) is 5.62. The summed E-state index contributed by atoms with van der Waals surface area (Å²) < 4.78 is 12.1. The van der Waals surface area contributed by atoms with Crippen molar-refractivity contribution < 1.29 is 14.3 Å². The number of carbonyl (C=O) groups is 1. The number of nitrogens with one attached hydrogen (secondary N) is 1. The van der Waals surface area contributed by atoms with Crippen molar-refractivity contribution in [2.75, 3.05) is 32.8 Å². The quantitative estimate of drug-likeness (QED) is 0.768. The number of piperidine rings is 1. The third kappa shape index (κ3) is 3.43. The van der Waals surface area contributed by atoms with Crippen molar-refractivity contribution in [1.29, 1.82) is 0 Å². The van der Waals surface area contributed by atoms with Crippen molar-refractivity contribution >= 4 is 29.7 Å². The Morgan fingerprint density at radius 2 is 2.00 bits per heavy atom. The molecule has 150 valence electrons. The minimum Gasteiger partial charge on any atom is -0.491 e. The van der Waals surface area contributed by atoms with E-state index in [0.717, 1.165) is 55.1 Å². The van der Waals surface area contributed by atoms with Crippen LogP contribution < -0.4 is 10.1 Å². The molecule has 3 aliphatic rings. The molecular weight excluding hydrogens is 396 g/mol. The molecule has 4 heterocycles. The Balaban J connectivity index is 0.00000192.